The lowest BCUT2D eigenvalue weighted by Crippen LogP contribution is -2.07. The minimum atomic E-state index is -0.498. The van der Waals surface area contributed by atoms with Crippen LogP contribution in [0.25, 0.3) is 5.69 Å². The van der Waals surface area contributed by atoms with E-state index in [1.807, 2.05) is 38.1 Å². The zero-order chi connectivity index (χ0) is 14.0. The van der Waals surface area contributed by atoms with E-state index in [0.29, 0.717) is 11.6 Å². The molecule has 1 aromatic heterocycles. The Morgan fingerprint density at radius 2 is 2.16 bits per heavy atom. The molecule has 0 fully saturated rings. The third-order valence-corrected chi connectivity index (χ3v) is 3.21. The maximum absolute atomic E-state index is 11.7. The number of hydrogen-bond donors (Lipinski definition) is 0. The highest BCUT2D eigenvalue weighted by Gasteiger charge is 2.21. The van der Waals surface area contributed by atoms with Crippen molar-refractivity contribution in [3.8, 4) is 5.69 Å². The molecule has 0 saturated carbocycles. The third kappa shape index (κ3) is 2.63. The number of rotatable bonds is 3. The van der Waals surface area contributed by atoms with Crippen molar-refractivity contribution in [3.63, 3.8) is 0 Å². The predicted molar refractivity (Wildman–Crippen MR) is 74.0 cm³/mol. The molecule has 0 atom stereocenters. The van der Waals surface area contributed by atoms with Gasteiger partial charge in [-0.25, -0.2) is 9.48 Å². The molecule has 1 aromatic carbocycles. The van der Waals surface area contributed by atoms with E-state index in [-0.39, 0.29) is 5.69 Å². The monoisotopic (exact) mass is 278 g/mol. The van der Waals surface area contributed by atoms with Crippen LogP contribution in [0.15, 0.2) is 24.3 Å². The van der Waals surface area contributed by atoms with Crippen molar-refractivity contribution in [1.29, 1.82) is 0 Å². The highest BCUT2D eigenvalue weighted by molar-refractivity contribution is 6.34. The standard InChI is InChI=1S/C14H15ClN2O2/c1-4-19-14(18)13-12(15)10(3)17(16-13)11-7-5-6-9(2)8-11/h5-8H,4H2,1-3H3. The summed E-state index contributed by atoms with van der Waals surface area (Å²) in [6.45, 7) is 5.86. The first-order chi connectivity index (χ1) is 9.04. The molecule has 100 valence electrons. The Balaban J connectivity index is 2.49. The van der Waals surface area contributed by atoms with Gasteiger partial charge in [-0.1, -0.05) is 23.7 Å². The van der Waals surface area contributed by atoms with Gasteiger partial charge in [0.25, 0.3) is 0 Å². The largest absolute Gasteiger partial charge is 0.461 e. The quantitative estimate of drug-likeness (QED) is 0.809. The number of hydrogen-bond acceptors (Lipinski definition) is 3. The number of aromatic nitrogens is 2. The molecule has 0 radical (unpaired) electrons. The van der Waals surface area contributed by atoms with E-state index < -0.39 is 5.97 Å². The number of carbonyl (C=O) groups excluding carboxylic acids is 1. The summed E-state index contributed by atoms with van der Waals surface area (Å²) in [5.41, 5.74) is 2.86. The molecule has 0 bridgehead atoms. The van der Waals surface area contributed by atoms with E-state index >= 15 is 0 Å². The molecule has 2 rings (SSSR count). The summed E-state index contributed by atoms with van der Waals surface area (Å²) in [6, 6.07) is 7.82. The van der Waals surface area contributed by atoms with Gasteiger partial charge in [-0.05, 0) is 38.5 Å². The van der Waals surface area contributed by atoms with Gasteiger partial charge in [0, 0.05) is 0 Å². The van der Waals surface area contributed by atoms with E-state index in [1.54, 1.807) is 11.6 Å². The highest BCUT2D eigenvalue weighted by atomic mass is 35.5. The number of nitrogens with zero attached hydrogens (tertiary/aromatic N) is 2. The van der Waals surface area contributed by atoms with Crippen LogP contribution in [0.4, 0.5) is 0 Å². The number of aryl methyl sites for hydroxylation is 1. The Labute approximate surface area is 116 Å². The highest BCUT2D eigenvalue weighted by Crippen LogP contribution is 2.24. The second-order valence-corrected chi connectivity index (χ2v) is 4.60. The van der Waals surface area contributed by atoms with Gasteiger partial charge in [0.1, 0.15) is 0 Å². The normalized spacial score (nSPS) is 10.5. The average molecular weight is 279 g/mol. The van der Waals surface area contributed by atoms with Crippen molar-refractivity contribution in [2.24, 2.45) is 0 Å². The van der Waals surface area contributed by atoms with Crippen molar-refractivity contribution in [2.75, 3.05) is 6.61 Å². The van der Waals surface area contributed by atoms with Gasteiger partial charge in [-0.2, -0.15) is 5.10 Å². The zero-order valence-electron chi connectivity index (χ0n) is 11.1. The maximum atomic E-state index is 11.7. The number of benzene rings is 1. The SMILES string of the molecule is CCOC(=O)c1nn(-c2cccc(C)c2)c(C)c1Cl. The fourth-order valence-corrected chi connectivity index (χ4v) is 2.02. The summed E-state index contributed by atoms with van der Waals surface area (Å²) in [5.74, 6) is -0.498. The summed E-state index contributed by atoms with van der Waals surface area (Å²) in [5, 5.41) is 4.58. The topological polar surface area (TPSA) is 44.1 Å². The molecular formula is C14H15ClN2O2. The number of esters is 1. The zero-order valence-corrected chi connectivity index (χ0v) is 11.9. The molecule has 0 aliphatic rings. The number of ether oxygens (including phenoxy) is 1. The molecule has 0 saturated heterocycles. The van der Waals surface area contributed by atoms with Crippen LogP contribution in [-0.4, -0.2) is 22.4 Å². The van der Waals surface area contributed by atoms with Crippen molar-refractivity contribution in [2.45, 2.75) is 20.8 Å². The van der Waals surface area contributed by atoms with Crippen LogP contribution in [0.2, 0.25) is 5.02 Å². The Hall–Kier alpha value is -1.81. The lowest BCUT2D eigenvalue weighted by molar-refractivity contribution is 0.0519. The summed E-state index contributed by atoms with van der Waals surface area (Å²) in [7, 11) is 0. The average Bonchev–Trinajstić information content (AvgIpc) is 2.67. The second kappa shape index (κ2) is 5.45. The lowest BCUT2D eigenvalue weighted by atomic mass is 10.2. The van der Waals surface area contributed by atoms with E-state index in [2.05, 4.69) is 5.10 Å². The summed E-state index contributed by atoms with van der Waals surface area (Å²) < 4.78 is 6.59. The molecule has 0 unspecified atom stereocenters. The first-order valence-electron chi connectivity index (χ1n) is 6.04. The van der Waals surface area contributed by atoms with Gasteiger partial charge in [0.15, 0.2) is 5.69 Å². The smallest absolute Gasteiger partial charge is 0.360 e. The Bertz CT molecular complexity index is 620. The second-order valence-electron chi connectivity index (χ2n) is 4.22. The number of carbonyl (C=O) groups is 1. The Morgan fingerprint density at radius 3 is 2.79 bits per heavy atom. The first-order valence-corrected chi connectivity index (χ1v) is 6.41. The summed E-state index contributed by atoms with van der Waals surface area (Å²) in [6.07, 6.45) is 0. The van der Waals surface area contributed by atoms with Crippen molar-refractivity contribution < 1.29 is 9.53 Å². The van der Waals surface area contributed by atoms with Crippen LogP contribution in [0.1, 0.15) is 28.7 Å². The fraction of sp³-hybridized carbons (Fsp3) is 0.286. The van der Waals surface area contributed by atoms with Crippen LogP contribution in [0.3, 0.4) is 0 Å². The Morgan fingerprint density at radius 1 is 1.42 bits per heavy atom. The van der Waals surface area contributed by atoms with Crippen LogP contribution < -0.4 is 0 Å². The van der Waals surface area contributed by atoms with Gasteiger partial charge >= 0.3 is 5.97 Å². The summed E-state index contributed by atoms with van der Waals surface area (Å²) in [4.78, 5) is 11.7. The van der Waals surface area contributed by atoms with Crippen LogP contribution in [-0.2, 0) is 4.74 Å². The molecule has 0 aliphatic heterocycles. The van der Waals surface area contributed by atoms with E-state index in [4.69, 9.17) is 16.3 Å². The van der Waals surface area contributed by atoms with Crippen molar-refractivity contribution in [1.82, 2.24) is 9.78 Å². The van der Waals surface area contributed by atoms with Gasteiger partial charge in [0.05, 0.1) is 23.0 Å². The van der Waals surface area contributed by atoms with Crippen molar-refractivity contribution in [3.05, 3.63) is 46.2 Å². The molecule has 2 aromatic rings. The van der Waals surface area contributed by atoms with Crippen LogP contribution in [0.5, 0.6) is 0 Å². The van der Waals surface area contributed by atoms with Gasteiger partial charge in [-0.15, -0.1) is 0 Å². The minimum absolute atomic E-state index is 0.155. The van der Waals surface area contributed by atoms with E-state index in [9.17, 15) is 4.79 Å². The fourth-order valence-electron chi connectivity index (χ4n) is 1.82. The van der Waals surface area contributed by atoms with Gasteiger partial charge in [-0.3, -0.25) is 0 Å². The number of halogens is 1. The molecule has 4 nitrogen and oxygen atoms in total. The van der Waals surface area contributed by atoms with E-state index in [1.165, 1.54) is 0 Å². The molecule has 0 aliphatic carbocycles. The molecule has 1 heterocycles. The molecule has 19 heavy (non-hydrogen) atoms. The molecule has 0 N–H and O–H groups in total. The minimum Gasteiger partial charge on any atom is -0.461 e. The molecular weight excluding hydrogens is 264 g/mol. The molecule has 0 amide bonds. The first kappa shape index (κ1) is 13.6. The van der Waals surface area contributed by atoms with Crippen molar-refractivity contribution >= 4 is 17.6 Å². The van der Waals surface area contributed by atoms with Crippen LogP contribution in [0, 0.1) is 13.8 Å². The van der Waals surface area contributed by atoms with Gasteiger partial charge < -0.3 is 4.74 Å². The van der Waals surface area contributed by atoms with Gasteiger partial charge in [0.2, 0.25) is 0 Å². The molecule has 0 spiro atoms. The van der Waals surface area contributed by atoms with Crippen LogP contribution >= 0.6 is 11.6 Å². The summed E-state index contributed by atoms with van der Waals surface area (Å²) >= 11 is 6.15. The third-order valence-electron chi connectivity index (χ3n) is 2.76. The maximum Gasteiger partial charge on any atom is 0.360 e. The lowest BCUT2D eigenvalue weighted by Gasteiger charge is -2.04. The molecule has 5 heteroatoms. The predicted octanol–water partition coefficient (Wildman–Crippen LogP) is 3.32. The Kier molecular flexibility index (Phi) is 3.90. The van der Waals surface area contributed by atoms with E-state index in [0.717, 1.165) is 16.9 Å².